The molecule has 0 radical (unpaired) electrons. The monoisotopic (exact) mass is 278 g/mol. The third-order valence-electron chi connectivity index (χ3n) is 2.74. The van der Waals surface area contributed by atoms with Gasteiger partial charge in [0, 0.05) is 26.0 Å². The van der Waals surface area contributed by atoms with Crippen molar-refractivity contribution in [3.8, 4) is 0 Å². The first-order valence-electron chi connectivity index (χ1n) is 5.49. The molecule has 92 valence electrons. The van der Waals surface area contributed by atoms with E-state index in [9.17, 15) is 0 Å². The number of aromatic nitrogens is 3. The fraction of sp³-hybridized carbons (Fsp3) is 0.167. The Kier molecular flexibility index (Phi) is 2.93. The molecule has 0 aliphatic rings. The number of nitrogens with one attached hydrogen (secondary N) is 1. The van der Waals surface area contributed by atoms with Gasteiger partial charge in [0.05, 0.1) is 22.4 Å². The molecule has 0 spiro atoms. The lowest BCUT2D eigenvalue weighted by atomic mass is 10.2. The van der Waals surface area contributed by atoms with Gasteiger partial charge in [-0.1, -0.05) is 11.6 Å². The zero-order valence-corrected chi connectivity index (χ0v) is 11.3. The molecule has 0 atom stereocenters. The van der Waals surface area contributed by atoms with E-state index in [1.807, 2.05) is 29.9 Å². The van der Waals surface area contributed by atoms with Gasteiger partial charge < -0.3 is 9.88 Å². The van der Waals surface area contributed by atoms with Crippen molar-refractivity contribution in [3.63, 3.8) is 0 Å². The van der Waals surface area contributed by atoms with Gasteiger partial charge in [0.2, 0.25) is 0 Å². The van der Waals surface area contributed by atoms with Crippen LogP contribution in [0.5, 0.6) is 0 Å². The summed E-state index contributed by atoms with van der Waals surface area (Å²) in [6.07, 6.45) is 4.09. The van der Waals surface area contributed by atoms with Gasteiger partial charge in [0.25, 0.3) is 0 Å². The van der Waals surface area contributed by atoms with Gasteiger partial charge in [-0.2, -0.15) is 8.75 Å². The highest BCUT2D eigenvalue weighted by Gasteiger charge is 2.09. The molecule has 0 saturated heterocycles. The van der Waals surface area contributed by atoms with E-state index in [0.29, 0.717) is 5.02 Å². The molecule has 1 N–H and O–H groups in total. The predicted octanol–water partition coefficient (Wildman–Crippen LogP) is 3.30. The molecule has 0 aliphatic heterocycles. The minimum atomic E-state index is 0.672. The molecule has 2 aromatic heterocycles. The summed E-state index contributed by atoms with van der Waals surface area (Å²) in [6.45, 7) is 0.719. The van der Waals surface area contributed by atoms with Gasteiger partial charge in [0.15, 0.2) is 0 Å². The van der Waals surface area contributed by atoms with Crippen molar-refractivity contribution in [2.75, 3.05) is 5.32 Å². The minimum absolute atomic E-state index is 0.672. The second kappa shape index (κ2) is 4.59. The van der Waals surface area contributed by atoms with Crippen LogP contribution in [0.3, 0.4) is 0 Å². The topological polar surface area (TPSA) is 42.7 Å². The summed E-state index contributed by atoms with van der Waals surface area (Å²) in [4.78, 5) is 0. The van der Waals surface area contributed by atoms with Crippen molar-refractivity contribution in [3.05, 3.63) is 41.2 Å². The maximum atomic E-state index is 6.20. The van der Waals surface area contributed by atoms with E-state index < -0.39 is 0 Å². The maximum absolute atomic E-state index is 6.20. The summed E-state index contributed by atoms with van der Waals surface area (Å²) in [5.74, 6) is 0. The number of anilines is 1. The van der Waals surface area contributed by atoms with E-state index in [1.54, 1.807) is 0 Å². The summed E-state index contributed by atoms with van der Waals surface area (Å²) in [7, 11) is 2.00. The summed E-state index contributed by atoms with van der Waals surface area (Å²) in [5.41, 5.74) is 3.77. The number of halogens is 1. The molecule has 0 amide bonds. The first kappa shape index (κ1) is 11.5. The van der Waals surface area contributed by atoms with Gasteiger partial charge in [-0.25, -0.2) is 0 Å². The minimum Gasteiger partial charge on any atom is -0.378 e. The number of hydrogen-bond acceptors (Lipinski definition) is 4. The summed E-state index contributed by atoms with van der Waals surface area (Å²) in [6, 6.07) is 5.80. The molecule has 0 fully saturated rings. The van der Waals surface area contributed by atoms with Gasteiger partial charge >= 0.3 is 0 Å². The smallest absolute Gasteiger partial charge is 0.129 e. The molecule has 1 aromatic carbocycles. The number of aryl methyl sites for hydroxylation is 1. The Morgan fingerprint density at radius 3 is 3.00 bits per heavy atom. The maximum Gasteiger partial charge on any atom is 0.129 e. The molecule has 3 aromatic rings. The first-order chi connectivity index (χ1) is 8.74. The van der Waals surface area contributed by atoms with Gasteiger partial charge in [-0.15, -0.1) is 0 Å². The van der Waals surface area contributed by atoms with Crippen molar-refractivity contribution in [1.29, 1.82) is 0 Å². The predicted molar refractivity (Wildman–Crippen MR) is 75.2 cm³/mol. The third-order valence-corrected chi connectivity index (χ3v) is 3.60. The third kappa shape index (κ3) is 2.07. The van der Waals surface area contributed by atoms with Gasteiger partial charge in [0.1, 0.15) is 11.0 Å². The lowest BCUT2D eigenvalue weighted by Gasteiger charge is -2.07. The van der Waals surface area contributed by atoms with Crippen LogP contribution in [-0.4, -0.2) is 13.3 Å². The summed E-state index contributed by atoms with van der Waals surface area (Å²) >= 11 is 7.40. The van der Waals surface area contributed by atoms with Crippen LogP contribution in [0, 0.1) is 0 Å². The highest BCUT2D eigenvalue weighted by molar-refractivity contribution is 7.00. The average Bonchev–Trinajstić information content (AvgIpc) is 2.96. The molecule has 0 saturated carbocycles. The SMILES string of the molecule is Cn1ccc(CNc2c(Cl)ccc3nsnc23)c1. The van der Waals surface area contributed by atoms with Crippen LogP contribution in [0.2, 0.25) is 5.02 Å². The number of hydrogen-bond donors (Lipinski definition) is 1. The zero-order chi connectivity index (χ0) is 12.5. The molecule has 2 heterocycles. The van der Waals surface area contributed by atoms with Crippen molar-refractivity contribution in [2.45, 2.75) is 6.54 Å². The summed E-state index contributed by atoms with van der Waals surface area (Å²) < 4.78 is 10.5. The van der Waals surface area contributed by atoms with Crippen molar-refractivity contribution >= 4 is 40.0 Å². The fourth-order valence-electron chi connectivity index (χ4n) is 1.85. The van der Waals surface area contributed by atoms with Crippen LogP contribution < -0.4 is 5.32 Å². The molecular weight excluding hydrogens is 268 g/mol. The van der Waals surface area contributed by atoms with Crippen LogP contribution in [-0.2, 0) is 13.6 Å². The number of nitrogens with zero attached hydrogens (tertiary/aromatic N) is 3. The zero-order valence-electron chi connectivity index (χ0n) is 9.72. The Morgan fingerprint density at radius 1 is 1.33 bits per heavy atom. The lowest BCUT2D eigenvalue weighted by molar-refractivity contribution is 0.920. The van der Waals surface area contributed by atoms with Crippen LogP contribution in [0.4, 0.5) is 5.69 Å². The standard InChI is InChI=1S/C12H11ClN4S/c1-17-5-4-8(7-17)6-14-11-9(13)2-3-10-12(11)16-18-15-10/h2-5,7,14H,6H2,1H3. The highest BCUT2D eigenvalue weighted by Crippen LogP contribution is 2.30. The Balaban J connectivity index is 1.89. The van der Waals surface area contributed by atoms with E-state index in [4.69, 9.17) is 11.6 Å². The molecule has 18 heavy (non-hydrogen) atoms. The van der Waals surface area contributed by atoms with E-state index in [-0.39, 0.29) is 0 Å². The van der Waals surface area contributed by atoms with Gasteiger partial charge in [-0.05, 0) is 23.8 Å². The molecule has 0 bridgehead atoms. The quantitative estimate of drug-likeness (QED) is 0.799. The average molecular weight is 279 g/mol. The van der Waals surface area contributed by atoms with Gasteiger partial charge in [-0.3, -0.25) is 0 Å². The Hall–Kier alpha value is -1.59. The number of benzene rings is 1. The van der Waals surface area contributed by atoms with E-state index in [2.05, 4.69) is 26.3 Å². The second-order valence-electron chi connectivity index (χ2n) is 4.09. The summed E-state index contributed by atoms with van der Waals surface area (Å²) in [5, 5.41) is 4.00. The Bertz CT molecular complexity index is 688. The van der Waals surface area contributed by atoms with E-state index in [0.717, 1.165) is 23.3 Å². The Labute approximate surface area is 114 Å². The molecular formula is C12H11ClN4S. The van der Waals surface area contributed by atoms with Crippen LogP contribution >= 0.6 is 23.3 Å². The fourth-order valence-corrected chi connectivity index (χ4v) is 2.61. The molecule has 6 heteroatoms. The molecule has 0 unspecified atom stereocenters. The Morgan fingerprint density at radius 2 is 2.22 bits per heavy atom. The lowest BCUT2D eigenvalue weighted by Crippen LogP contribution is -2.00. The normalized spacial score (nSPS) is 11.0. The van der Waals surface area contributed by atoms with E-state index >= 15 is 0 Å². The van der Waals surface area contributed by atoms with Crippen LogP contribution in [0.1, 0.15) is 5.56 Å². The molecule has 3 rings (SSSR count). The molecule has 0 aliphatic carbocycles. The van der Waals surface area contributed by atoms with E-state index in [1.165, 1.54) is 17.3 Å². The van der Waals surface area contributed by atoms with Crippen molar-refractivity contribution < 1.29 is 0 Å². The first-order valence-corrected chi connectivity index (χ1v) is 6.60. The van der Waals surface area contributed by atoms with Crippen molar-refractivity contribution in [2.24, 2.45) is 7.05 Å². The number of fused-ring (bicyclic) bond motifs is 1. The number of rotatable bonds is 3. The highest BCUT2D eigenvalue weighted by atomic mass is 35.5. The largest absolute Gasteiger partial charge is 0.378 e. The molecule has 4 nitrogen and oxygen atoms in total. The van der Waals surface area contributed by atoms with Crippen molar-refractivity contribution in [1.82, 2.24) is 13.3 Å². The van der Waals surface area contributed by atoms with Crippen LogP contribution in [0.15, 0.2) is 30.6 Å². The second-order valence-corrected chi connectivity index (χ2v) is 5.03. The van der Waals surface area contributed by atoms with Crippen LogP contribution in [0.25, 0.3) is 11.0 Å².